The number of rotatable bonds is 2. The maximum absolute atomic E-state index is 12.5. The number of ether oxygens (including phenoxy) is 1. The lowest BCUT2D eigenvalue weighted by molar-refractivity contribution is 0.0599. The number of amides is 1. The number of nitrogens with one attached hydrogen (secondary N) is 1. The Labute approximate surface area is 142 Å². The van der Waals surface area contributed by atoms with Gasteiger partial charge in [0.1, 0.15) is 5.60 Å². The fourth-order valence-corrected chi connectivity index (χ4v) is 2.70. The first-order valence-electron chi connectivity index (χ1n) is 6.52. The monoisotopic (exact) mass is 357 g/mol. The third-order valence-corrected chi connectivity index (χ3v) is 4.09. The van der Waals surface area contributed by atoms with Crippen LogP contribution in [0.25, 0.3) is 0 Å². The summed E-state index contributed by atoms with van der Waals surface area (Å²) in [6, 6.07) is 5.32. The standard InChI is InChI=1S/C14H16ClN3O2S2/c1-8-5-6-9(7-10(8)15)18(11-16-17-12(21)22-11)13(19)20-14(2,3)4/h5-7H,1-4H3,(H,17,21). The number of carbonyl (C=O) groups excluding carboxylic acids is 1. The molecule has 1 amide bonds. The number of benzene rings is 1. The summed E-state index contributed by atoms with van der Waals surface area (Å²) in [6.07, 6.45) is -0.537. The maximum Gasteiger partial charge on any atom is 0.421 e. The van der Waals surface area contributed by atoms with E-state index in [9.17, 15) is 4.79 Å². The summed E-state index contributed by atoms with van der Waals surface area (Å²) in [5, 5.41) is 7.69. The van der Waals surface area contributed by atoms with Gasteiger partial charge in [0.2, 0.25) is 5.13 Å². The fourth-order valence-electron chi connectivity index (χ4n) is 1.64. The van der Waals surface area contributed by atoms with E-state index in [2.05, 4.69) is 10.2 Å². The molecule has 1 heterocycles. The molecule has 2 aromatic rings. The SMILES string of the molecule is Cc1ccc(N(C(=O)OC(C)(C)C)c2n[nH]c(=S)s2)cc1Cl. The van der Waals surface area contributed by atoms with Crippen molar-refractivity contribution in [2.75, 3.05) is 4.90 Å². The van der Waals surface area contributed by atoms with E-state index in [0.29, 0.717) is 19.8 Å². The van der Waals surface area contributed by atoms with Crippen molar-refractivity contribution in [3.63, 3.8) is 0 Å². The highest BCUT2D eigenvalue weighted by molar-refractivity contribution is 7.73. The molecule has 0 saturated carbocycles. The zero-order valence-electron chi connectivity index (χ0n) is 12.6. The molecule has 0 radical (unpaired) electrons. The molecule has 1 N–H and O–H groups in total. The Hall–Kier alpha value is -1.44. The van der Waals surface area contributed by atoms with Gasteiger partial charge in [0.15, 0.2) is 3.95 Å². The van der Waals surface area contributed by atoms with Gasteiger partial charge in [-0.25, -0.2) is 9.69 Å². The molecule has 0 spiro atoms. The minimum Gasteiger partial charge on any atom is -0.443 e. The van der Waals surface area contributed by atoms with Gasteiger partial charge in [0.25, 0.3) is 0 Å². The molecule has 0 aliphatic carbocycles. The Kier molecular flexibility index (Phi) is 4.89. The van der Waals surface area contributed by atoms with Gasteiger partial charge in [-0.15, -0.1) is 5.10 Å². The van der Waals surface area contributed by atoms with Crippen LogP contribution in [0, 0.1) is 10.9 Å². The van der Waals surface area contributed by atoms with Crippen LogP contribution in [-0.2, 0) is 4.74 Å². The fraction of sp³-hybridized carbons (Fsp3) is 0.357. The summed E-state index contributed by atoms with van der Waals surface area (Å²) in [7, 11) is 0. The van der Waals surface area contributed by atoms with Crippen molar-refractivity contribution in [1.29, 1.82) is 0 Å². The number of carbonyl (C=O) groups is 1. The van der Waals surface area contributed by atoms with Gasteiger partial charge in [-0.3, -0.25) is 5.10 Å². The van der Waals surface area contributed by atoms with Crippen LogP contribution in [0.3, 0.4) is 0 Å². The first kappa shape index (κ1) is 16.9. The molecule has 118 valence electrons. The molecular formula is C14H16ClN3O2S2. The number of H-pyrrole nitrogens is 1. The van der Waals surface area contributed by atoms with E-state index >= 15 is 0 Å². The minimum atomic E-state index is -0.623. The van der Waals surface area contributed by atoms with Gasteiger partial charge in [0.05, 0.1) is 5.69 Å². The van der Waals surface area contributed by atoms with Crippen LogP contribution in [0.15, 0.2) is 18.2 Å². The summed E-state index contributed by atoms with van der Waals surface area (Å²) in [4.78, 5) is 13.9. The largest absolute Gasteiger partial charge is 0.443 e. The minimum absolute atomic E-state index is 0.402. The number of hydrogen-bond acceptors (Lipinski definition) is 5. The van der Waals surface area contributed by atoms with Crippen LogP contribution in [0.4, 0.5) is 15.6 Å². The van der Waals surface area contributed by atoms with E-state index in [1.54, 1.807) is 32.9 Å². The van der Waals surface area contributed by atoms with Gasteiger partial charge in [0, 0.05) is 5.02 Å². The van der Waals surface area contributed by atoms with E-state index in [1.807, 2.05) is 13.0 Å². The van der Waals surface area contributed by atoms with E-state index in [1.165, 1.54) is 16.2 Å². The highest BCUT2D eigenvalue weighted by atomic mass is 35.5. The molecule has 1 aromatic heterocycles. The average molecular weight is 358 g/mol. The molecule has 22 heavy (non-hydrogen) atoms. The Balaban J connectivity index is 2.47. The van der Waals surface area contributed by atoms with E-state index < -0.39 is 11.7 Å². The summed E-state index contributed by atoms with van der Waals surface area (Å²) in [5.74, 6) is 0. The van der Waals surface area contributed by atoms with Crippen molar-refractivity contribution in [1.82, 2.24) is 10.2 Å². The molecule has 0 aliphatic rings. The number of aromatic amines is 1. The molecule has 0 saturated heterocycles. The lowest BCUT2D eigenvalue weighted by atomic mass is 10.2. The molecule has 1 aromatic carbocycles. The van der Waals surface area contributed by atoms with Crippen LogP contribution in [0.5, 0.6) is 0 Å². The topological polar surface area (TPSA) is 58.2 Å². The van der Waals surface area contributed by atoms with Gasteiger partial charge in [-0.2, -0.15) is 0 Å². The molecule has 5 nitrogen and oxygen atoms in total. The zero-order valence-corrected chi connectivity index (χ0v) is 15.0. The van der Waals surface area contributed by atoms with Crippen LogP contribution < -0.4 is 4.90 Å². The van der Waals surface area contributed by atoms with Gasteiger partial charge >= 0.3 is 6.09 Å². The summed E-state index contributed by atoms with van der Waals surface area (Å²) in [6.45, 7) is 7.30. The average Bonchev–Trinajstić information content (AvgIpc) is 2.78. The summed E-state index contributed by atoms with van der Waals surface area (Å²) >= 11 is 12.4. The van der Waals surface area contributed by atoms with Crippen molar-refractivity contribution in [2.45, 2.75) is 33.3 Å². The third-order valence-electron chi connectivity index (χ3n) is 2.61. The first-order chi connectivity index (χ1) is 10.2. The maximum atomic E-state index is 12.5. The first-order valence-corrected chi connectivity index (χ1v) is 8.12. The molecular weight excluding hydrogens is 342 g/mol. The molecule has 0 bridgehead atoms. The Morgan fingerprint density at radius 1 is 1.45 bits per heavy atom. The number of nitrogens with zero attached hydrogens (tertiary/aromatic N) is 2. The number of anilines is 2. The summed E-state index contributed by atoms with van der Waals surface area (Å²) in [5.41, 5.74) is 0.869. The second-order valence-corrected chi connectivity index (χ2v) is 7.70. The van der Waals surface area contributed by atoms with Crippen molar-refractivity contribution in [2.24, 2.45) is 0 Å². The van der Waals surface area contributed by atoms with Crippen molar-refractivity contribution < 1.29 is 9.53 Å². The molecule has 0 aliphatic heterocycles. The Morgan fingerprint density at radius 3 is 2.64 bits per heavy atom. The van der Waals surface area contributed by atoms with Crippen molar-refractivity contribution in [3.05, 3.63) is 32.7 Å². The Bertz CT molecular complexity index is 749. The lowest BCUT2D eigenvalue weighted by Gasteiger charge is -2.25. The highest BCUT2D eigenvalue weighted by Crippen LogP contribution is 2.32. The highest BCUT2D eigenvalue weighted by Gasteiger charge is 2.27. The predicted octanol–water partition coefficient (Wildman–Crippen LogP) is 5.24. The van der Waals surface area contributed by atoms with Gasteiger partial charge in [-0.1, -0.05) is 29.0 Å². The van der Waals surface area contributed by atoms with Gasteiger partial charge < -0.3 is 4.74 Å². The molecule has 2 rings (SSSR count). The van der Waals surface area contributed by atoms with E-state index in [4.69, 9.17) is 28.6 Å². The van der Waals surface area contributed by atoms with Crippen LogP contribution in [-0.4, -0.2) is 21.9 Å². The smallest absolute Gasteiger partial charge is 0.421 e. The molecule has 0 unspecified atom stereocenters. The normalized spacial score (nSPS) is 11.3. The van der Waals surface area contributed by atoms with E-state index in [-0.39, 0.29) is 0 Å². The molecule has 0 atom stereocenters. The number of halogens is 1. The van der Waals surface area contributed by atoms with Crippen LogP contribution in [0.2, 0.25) is 5.02 Å². The van der Waals surface area contributed by atoms with E-state index in [0.717, 1.165) is 5.56 Å². The number of aryl methyl sites for hydroxylation is 1. The summed E-state index contributed by atoms with van der Waals surface area (Å²) < 4.78 is 5.92. The van der Waals surface area contributed by atoms with Crippen LogP contribution >= 0.6 is 35.2 Å². The predicted molar refractivity (Wildman–Crippen MR) is 91.9 cm³/mol. The van der Waals surface area contributed by atoms with Crippen molar-refractivity contribution in [3.8, 4) is 0 Å². The van der Waals surface area contributed by atoms with Crippen molar-refractivity contribution >= 4 is 52.1 Å². The number of aromatic nitrogens is 2. The van der Waals surface area contributed by atoms with Crippen LogP contribution in [0.1, 0.15) is 26.3 Å². The van der Waals surface area contributed by atoms with Gasteiger partial charge in [-0.05, 0) is 57.6 Å². The zero-order chi connectivity index (χ0) is 16.5. The molecule has 8 heteroatoms. The third kappa shape index (κ3) is 4.06. The molecule has 0 fully saturated rings. The Morgan fingerprint density at radius 2 is 2.14 bits per heavy atom. The second-order valence-electron chi connectivity index (χ2n) is 5.64. The number of hydrogen-bond donors (Lipinski definition) is 1. The quantitative estimate of drug-likeness (QED) is 0.747. The lowest BCUT2D eigenvalue weighted by Crippen LogP contribution is -2.33. The second kappa shape index (κ2) is 6.36.